The fourth-order valence-corrected chi connectivity index (χ4v) is 4.07. The van der Waals surface area contributed by atoms with Crippen LogP contribution in [-0.4, -0.2) is 48.2 Å². The van der Waals surface area contributed by atoms with E-state index in [2.05, 4.69) is 21.3 Å². The normalized spacial score (nSPS) is 17.6. The number of anilines is 2. The second kappa shape index (κ2) is 8.21. The summed E-state index contributed by atoms with van der Waals surface area (Å²) in [6.45, 7) is 2.95. The summed E-state index contributed by atoms with van der Waals surface area (Å²) >= 11 is 0. The van der Waals surface area contributed by atoms with Gasteiger partial charge in [-0.25, -0.2) is 4.98 Å². The van der Waals surface area contributed by atoms with E-state index in [4.69, 9.17) is 9.97 Å². The Kier molecular flexibility index (Phi) is 5.53. The Morgan fingerprint density at radius 2 is 1.93 bits per heavy atom. The van der Waals surface area contributed by atoms with Crippen molar-refractivity contribution in [3.8, 4) is 0 Å². The Morgan fingerprint density at radius 3 is 2.67 bits per heavy atom. The Labute approximate surface area is 162 Å². The maximum atomic E-state index is 4.94. The molecule has 3 heterocycles. The monoisotopic (exact) mass is 366 g/mol. The van der Waals surface area contributed by atoms with Gasteiger partial charge in [-0.05, 0) is 50.7 Å². The summed E-state index contributed by atoms with van der Waals surface area (Å²) in [5, 5.41) is 3.67. The van der Waals surface area contributed by atoms with E-state index in [1.165, 1.54) is 29.9 Å². The quantitative estimate of drug-likeness (QED) is 0.878. The van der Waals surface area contributed by atoms with Crippen molar-refractivity contribution in [2.45, 2.75) is 51.1 Å². The minimum absolute atomic E-state index is 0.550. The van der Waals surface area contributed by atoms with Crippen LogP contribution in [0, 0.1) is 0 Å². The number of nitrogens with one attached hydrogen (secondary N) is 1. The Hall–Kier alpha value is -2.21. The zero-order valence-corrected chi connectivity index (χ0v) is 16.5. The van der Waals surface area contributed by atoms with Gasteiger partial charge in [0.15, 0.2) is 0 Å². The van der Waals surface area contributed by atoms with Crippen LogP contribution in [0.15, 0.2) is 24.4 Å². The van der Waals surface area contributed by atoms with Crippen LogP contribution in [0.4, 0.5) is 11.8 Å². The minimum Gasteiger partial charge on any atom is -0.356 e. The fourth-order valence-electron chi connectivity index (χ4n) is 4.07. The molecule has 0 aromatic carbocycles. The Balaban J connectivity index is 1.42. The van der Waals surface area contributed by atoms with Crippen LogP contribution < -0.4 is 15.1 Å². The molecule has 2 aromatic heterocycles. The number of hydrogen-bond acceptors (Lipinski definition) is 6. The molecular formula is C21H30N6. The smallest absolute Gasteiger partial charge is 0.227 e. The van der Waals surface area contributed by atoms with Crippen molar-refractivity contribution in [3.63, 3.8) is 0 Å². The van der Waals surface area contributed by atoms with Crippen LogP contribution in [0.3, 0.4) is 0 Å². The molecular weight excluding hydrogens is 336 g/mol. The lowest BCUT2D eigenvalue weighted by molar-refractivity contribution is 0.410. The van der Waals surface area contributed by atoms with Gasteiger partial charge in [-0.15, -0.1) is 0 Å². The summed E-state index contributed by atoms with van der Waals surface area (Å²) in [4.78, 5) is 18.7. The van der Waals surface area contributed by atoms with Crippen molar-refractivity contribution >= 4 is 11.8 Å². The highest BCUT2D eigenvalue weighted by atomic mass is 15.3. The number of aryl methyl sites for hydroxylation is 1. The highest BCUT2D eigenvalue weighted by Crippen LogP contribution is 2.31. The fraction of sp³-hybridized carbons (Fsp3) is 0.571. The number of hydrogen-bond donors (Lipinski definition) is 1. The second-order valence-electron chi connectivity index (χ2n) is 7.84. The molecule has 0 unspecified atom stereocenters. The molecule has 0 radical (unpaired) electrons. The number of rotatable bonds is 5. The summed E-state index contributed by atoms with van der Waals surface area (Å²) in [5.41, 5.74) is 3.78. The first-order valence-corrected chi connectivity index (χ1v) is 10.2. The van der Waals surface area contributed by atoms with Gasteiger partial charge in [0.2, 0.25) is 5.95 Å². The van der Waals surface area contributed by atoms with Crippen LogP contribution >= 0.6 is 0 Å². The number of fused-ring (bicyclic) bond motifs is 1. The summed E-state index contributed by atoms with van der Waals surface area (Å²) in [5.74, 6) is 2.03. The molecule has 27 heavy (non-hydrogen) atoms. The molecule has 2 aromatic rings. The molecule has 6 nitrogen and oxygen atoms in total. The number of piperidine rings is 1. The van der Waals surface area contributed by atoms with Crippen molar-refractivity contribution < 1.29 is 0 Å². The van der Waals surface area contributed by atoms with E-state index >= 15 is 0 Å². The van der Waals surface area contributed by atoms with Gasteiger partial charge in [0.25, 0.3) is 0 Å². The van der Waals surface area contributed by atoms with Gasteiger partial charge in [-0.3, -0.25) is 4.98 Å². The van der Waals surface area contributed by atoms with Crippen LogP contribution in [0.5, 0.6) is 0 Å². The molecule has 0 amide bonds. The van der Waals surface area contributed by atoms with Crippen molar-refractivity contribution in [1.29, 1.82) is 0 Å². The topological polar surface area (TPSA) is 57.2 Å². The molecule has 0 bridgehead atoms. The van der Waals surface area contributed by atoms with Gasteiger partial charge in [-0.2, -0.15) is 4.98 Å². The lowest BCUT2D eigenvalue weighted by Crippen LogP contribution is -2.43. The summed E-state index contributed by atoms with van der Waals surface area (Å²) in [6, 6.07) is 6.65. The first-order chi connectivity index (χ1) is 13.2. The zero-order chi connectivity index (χ0) is 18.6. The van der Waals surface area contributed by atoms with E-state index in [0.29, 0.717) is 6.04 Å². The molecule has 1 aliphatic carbocycles. The van der Waals surface area contributed by atoms with Gasteiger partial charge in [-0.1, -0.05) is 6.07 Å². The van der Waals surface area contributed by atoms with Crippen molar-refractivity contribution in [3.05, 3.63) is 41.3 Å². The molecule has 1 fully saturated rings. The van der Waals surface area contributed by atoms with Gasteiger partial charge in [0, 0.05) is 51.5 Å². The average molecular weight is 367 g/mol. The van der Waals surface area contributed by atoms with Gasteiger partial charge in [0.1, 0.15) is 5.82 Å². The number of nitrogens with zero attached hydrogens (tertiary/aromatic N) is 5. The molecule has 144 valence electrons. The average Bonchev–Trinajstić information content (AvgIpc) is 2.72. The van der Waals surface area contributed by atoms with Crippen LogP contribution in [-0.2, 0) is 19.4 Å². The van der Waals surface area contributed by atoms with E-state index < -0.39 is 0 Å². The van der Waals surface area contributed by atoms with Gasteiger partial charge in [0.05, 0.1) is 11.4 Å². The van der Waals surface area contributed by atoms with Crippen LogP contribution in [0.1, 0.15) is 42.6 Å². The molecule has 4 rings (SSSR count). The molecule has 1 N–H and O–H groups in total. The zero-order valence-electron chi connectivity index (χ0n) is 16.5. The molecule has 0 spiro atoms. The van der Waals surface area contributed by atoms with E-state index in [9.17, 15) is 0 Å². The van der Waals surface area contributed by atoms with Gasteiger partial charge < -0.3 is 15.1 Å². The van der Waals surface area contributed by atoms with Crippen molar-refractivity contribution in [1.82, 2.24) is 20.3 Å². The molecule has 6 heteroatoms. The molecule has 2 aliphatic rings. The first kappa shape index (κ1) is 18.2. The largest absolute Gasteiger partial charge is 0.356 e. The first-order valence-electron chi connectivity index (χ1n) is 10.2. The maximum Gasteiger partial charge on any atom is 0.227 e. The van der Waals surface area contributed by atoms with Crippen molar-refractivity contribution in [2.75, 3.05) is 37.0 Å². The third-order valence-electron chi connectivity index (χ3n) is 5.64. The number of aromatic nitrogens is 3. The lowest BCUT2D eigenvalue weighted by atomic mass is 9.95. The molecule has 1 saturated heterocycles. The van der Waals surface area contributed by atoms with E-state index in [0.717, 1.165) is 57.0 Å². The molecule has 0 saturated carbocycles. The Bertz CT molecular complexity index is 753. The molecule has 0 atom stereocenters. The number of pyridine rings is 1. The Morgan fingerprint density at radius 1 is 1.11 bits per heavy atom. The predicted molar refractivity (Wildman–Crippen MR) is 109 cm³/mol. The lowest BCUT2D eigenvalue weighted by Gasteiger charge is -2.35. The minimum atomic E-state index is 0.550. The highest BCUT2D eigenvalue weighted by molar-refractivity contribution is 5.54. The third kappa shape index (κ3) is 4.21. The summed E-state index contributed by atoms with van der Waals surface area (Å²) < 4.78 is 0. The van der Waals surface area contributed by atoms with E-state index in [-0.39, 0.29) is 0 Å². The highest BCUT2D eigenvalue weighted by Gasteiger charge is 2.26. The standard InChI is InChI=1S/C21H30N6/c1-26(2)21-24-19-9-4-3-8-18(19)20(25-21)27-13-10-16(11-14-27)23-15-17-7-5-6-12-22-17/h5-7,12,16,23H,3-4,8-11,13-15H2,1-2H3. The van der Waals surface area contributed by atoms with E-state index in [1.807, 2.05) is 37.3 Å². The third-order valence-corrected chi connectivity index (χ3v) is 5.64. The summed E-state index contributed by atoms with van der Waals surface area (Å²) in [6.07, 6.45) is 8.86. The second-order valence-corrected chi connectivity index (χ2v) is 7.84. The van der Waals surface area contributed by atoms with Crippen LogP contribution in [0.2, 0.25) is 0 Å². The van der Waals surface area contributed by atoms with Crippen molar-refractivity contribution in [2.24, 2.45) is 0 Å². The van der Waals surface area contributed by atoms with Crippen LogP contribution in [0.25, 0.3) is 0 Å². The van der Waals surface area contributed by atoms with E-state index in [1.54, 1.807) is 0 Å². The SMILES string of the molecule is CN(C)c1nc2c(c(N3CCC(NCc4ccccn4)CC3)n1)CCCC2. The summed E-state index contributed by atoms with van der Waals surface area (Å²) in [7, 11) is 4.06. The predicted octanol–water partition coefficient (Wildman–Crippen LogP) is 2.58. The maximum absolute atomic E-state index is 4.94. The van der Waals surface area contributed by atoms with Gasteiger partial charge >= 0.3 is 0 Å². The molecule has 1 aliphatic heterocycles.